The third-order valence-electron chi connectivity index (χ3n) is 3.71. The van der Waals surface area contributed by atoms with Crippen LogP contribution < -0.4 is 4.74 Å². The Morgan fingerprint density at radius 2 is 1.81 bits per heavy atom. The zero-order valence-electron chi connectivity index (χ0n) is 14.4. The number of hydrogen-bond donors (Lipinski definition) is 0. The van der Waals surface area contributed by atoms with E-state index in [1.807, 2.05) is 56.3 Å². The summed E-state index contributed by atoms with van der Waals surface area (Å²) in [6.07, 6.45) is 1.82. The molecule has 2 amide bonds. The van der Waals surface area contributed by atoms with Crippen molar-refractivity contribution in [3.8, 4) is 5.75 Å². The molecular weight excluding hydrogens is 370 g/mol. The predicted octanol–water partition coefficient (Wildman–Crippen LogP) is 5.36. The Kier molecular flexibility index (Phi) is 5.69. The minimum atomic E-state index is -0.303. The highest BCUT2D eigenvalue weighted by atomic mass is 35.5. The quantitative estimate of drug-likeness (QED) is 0.647. The number of benzene rings is 2. The second-order valence-electron chi connectivity index (χ2n) is 6.09. The second-order valence-corrected chi connectivity index (χ2v) is 7.50. The molecular formula is C20H18ClNO3S. The van der Waals surface area contributed by atoms with Gasteiger partial charge in [-0.15, -0.1) is 0 Å². The number of carbonyl (C=O) groups is 2. The first kappa shape index (κ1) is 18.5. The summed E-state index contributed by atoms with van der Waals surface area (Å²) in [5, 5.41) is 0.247. The van der Waals surface area contributed by atoms with Crippen LogP contribution in [0.1, 0.15) is 25.0 Å². The van der Waals surface area contributed by atoms with Crippen molar-refractivity contribution >= 4 is 40.6 Å². The summed E-state index contributed by atoms with van der Waals surface area (Å²) < 4.78 is 5.60. The Balaban J connectivity index is 1.75. The maximum absolute atomic E-state index is 12.6. The number of ether oxygens (including phenoxy) is 1. The summed E-state index contributed by atoms with van der Waals surface area (Å²) in [7, 11) is 0. The van der Waals surface area contributed by atoms with Crippen LogP contribution in [0, 0.1) is 0 Å². The number of halogens is 1. The molecule has 1 aliphatic heterocycles. The van der Waals surface area contributed by atoms with Gasteiger partial charge in [0.05, 0.1) is 17.6 Å². The van der Waals surface area contributed by atoms with Crippen LogP contribution in [-0.2, 0) is 11.3 Å². The van der Waals surface area contributed by atoms with E-state index in [9.17, 15) is 9.59 Å². The van der Waals surface area contributed by atoms with E-state index in [-0.39, 0.29) is 23.8 Å². The summed E-state index contributed by atoms with van der Waals surface area (Å²) in [5.41, 5.74) is 1.58. The summed E-state index contributed by atoms with van der Waals surface area (Å²) >= 11 is 7.07. The molecule has 26 heavy (non-hydrogen) atoms. The van der Waals surface area contributed by atoms with Crippen LogP contribution in [0.5, 0.6) is 5.75 Å². The zero-order chi connectivity index (χ0) is 18.7. The minimum absolute atomic E-state index is 0.0992. The normalized spacial score (nSPS) is 16.0. The van der Waals surface area contributed by atoms with Gasteiger partial charge in [-0.1, -0.05) is 41.9 Å². The molecule has 1 fully saturated rings. The lowest BCUT2D eigenvalue weighted by molar-refractivity contribution is -0.123. The lowest BCUT2D eigenvalue weighted by atomic mass is 10.2. The molecule has 3 rings (SSSR count). The average Bonchev–Trinajstić information content (AvgIpc) is 2.85. The smallest absolute Gasteiger partial charge is 0.293 e. The number of hydrogen-bond acceptors (Lipinski definition) is 4. The van der Waals surface area contributed by atoms with Gasteiger partial charge in [-0.25, -0.2) is 0 Å². The number of nitrogens with zero attached hydrogens (tertiary/aromatic N) is 1. The third kappa shape index (κ3) is 4.29. The molecule has 0 N–H and O–H groups in total. The van der Waals surface area contributed by atoms with E-state index < -0.39 is 0 Å². The number of thioether (sulfide) groups is 1. The fourth-order valence-corrected chi connectivity index (χ4v) is 3.53. The molecule has 4 nitrogen and oxygen atoms in total. The third-order valence-corrected chi connectivity index (χ3v) is 4.99. The number of amides is 2. The Morgan fingerprint density at radius 3 is 2.46 bits per heavy atom. The van der Waals surface area contributed by atoms with Gasteiger partial charge in [0, 0.05) is 5.02 Å². The minimum Gasteiger partial charge on any atom is -0.491 e. The number of rotatable bonds is 5. The Labute approximate surface area is 161 Å². The average molecular weight is 388 g/mol. The molecule has 0 aromatic heterocycles. The van der Waals surface area contributed by atoms with Crippen LogP contribution in [0.2, 0.25) is 5.02 Å². The molecule has 2 aromatic rings. The van der Waals surface area contributed by atoms with Gasteiger partial charge in [0.15, 0.2) is 0 Å². The molecule has 1 saturated heterocycles. The van der Waals surface area contributed by atoms with Crippen molar-refractivity contribution in [2.24, 2.45) is 0 Å². The van der Waals surface area contributed by atoms with E-state index in [2.05, 4.69) is 0 Å². The van der Waals surface area contributed by atoms with E-state index in [0.29, 0.717) is 9.93 Å². The highest BCUT2D eigenvalue weighted by Gasteiger charge is 2.35. The molecule has 0 unspecified atom stereocenters. The summed E-state index contributed by atoms with van der Waals surface area (Å²) in [6, 6.07) is 14.6. The van der Waals surface area contributed by atoms with E-state index in [1.165, 1.54) is 4.90 Å². The van der Waals surface area contributed by atoms with Crippen LogP contribution in [0.15, 0.2) is 53.4 Å². The second kappa shape index (κ2) is 7.98. The SMILES string of the molecule is CC(C)Oc1ccc(/C=C2\SC(=O)N(Cc3ccccc3Cl)C2=O)cc1. The van der Waals surface area contributed by atoms with Gasteiger partial charge in [0.2, 0.25) is 0 Å². The summed E-state index contributed by atoms with van der Waals surface area (Å²) in [5.74, 6) is 0.464. The van der Waals surface area contributed by atoms with Crippen molar-refractivity contribution in [3.05, 3.63) is 69.6 Å². The molecule has 0 saturated carbocycles. The lowest BCUT2D eigenvalue weighted by Gasteiger charge is -2.13. The fraction of sp³-hybridized carbons (Fsp3) is 0.200. The molecule has 1 heterocycles. The highest BCUT2D eigenvalue weighted by molar-refractivity contribution is 8.18. The Hall–Kier alpha value is -2.24. The van der Waals surface area contributed by atoms with Crippen molar-refractivity contribution in [3.63, 3.8) is 0 Å². The lowest BCUT2D eigenvalue weighted by Crippen LogP contribution is -2.27. The zero-order valence-corrected chi connectivity index (χ0v) is 16.0. The molecule has 0 aliphatic carbocycles. The maximum Gasteiger partial charge on any atom is 0.293 e. The first-order chi connectivity index (χ1) is 12.4. The molecule has 0 spiro atoms. The van der Waals surface area contributed by atoms with E-state index in [1.54, 1.807) is 12.1 Å². The summed E-state index contributed by atoms with van der Waals surface area (Å²) in [4.78, 5) is 26.5. The summed E-state index contributed by atoms with van der Waals surface area (Å²) in [6.45, 7) is 4.09. The molecule has 134 valence electrons. The van der Waals surface area contributed by atoms with Gasteiger partial charge in [-0.05, 0) is 61.0 Å². The topological polar surface area (TPSA) is 46.6 Å². The Morgan fingerprint density at radius 1 is 1.12 bits per heavy atom. The largest absolute Gasteiger partial charge is 0.491 e. The Bertz CT molecular complexity index is 862. The van der Waals surface area contributed by atoms with Crippen molar-refractivity contribution in [2.75, 3.05) is 0 Å². The first-order valence-corrected chi connectivity index (χ1v) is 9.39. The predicted molar refractivity (Wildman–Crippen MR) is 105 cm³/mol. The number of carbonyl (C=O) groups excluding carboxylic acids is 2. The molecule has 1 aliphatic rings. The van der Waals surface area contributed by atoms with Crippen LogP contribution in [0.25, 0.3) is 6.08 Å². The van der Waals surface area contributed by atoms with Gasteiger partial charge in [0.25, 0.3) is 11.1 Å². The van der Waals surface area contributed by atoms with Gasteiger partial charge in [-0.3, -0.25) is 14.5 Å². The van der Waals surface area contributed by atoms with E-state index >= 15 is 0 Å². The van der Waals surface area contributed by atoms with Crippen molar-refractivity contribution in [1.29, 1.82) is 0 Å². The van der Waals surface area contributed by atoms with Crippen molar-refractivity contribution in [1.82, 2.24) is 4.90 Å². The van der Waals surface area contributed by atoms with E-state index in [4.69, 9.17) is 16.3 Å². The van der Waals surface area contributed by atoms with Crippen molar-refractivity contribution in [2.45, 2.75) is 26.5 Å². The molecule has 0 atom stereocenters. The van der Waals surface area contributed by atoms with E-state index in [0.717, 1.165) is 28.6 Å². The molecule has 0 radical (unpaired) electrons. The maximum atomic E-state index is 12.6. The fourth-order valence-electron chi connectivity index (χ4n) is 2.50. The van der Waals surface area contributed by atoms with Crippen LogP contribution in [0.3, 0.4) is 0 Å². The van der Waals surface area contributed by atoms with Crippen LogP contribution >= 0.6 is 23.4 Å². The molecule has 2 aromatic carbocycles. The van der Waals surface area contributed by atoms with Crippen molar-refractivity contribution < 1.29 is 14.3 Å². The van der Waals surface area contributed by atoms with Gasteiger partial charge < -0.3 is 4.74 Å². The monoisotopic (exact) mass is 387 g/mol. The molecule has 6 heteroatoms. The molecule has 0 bridgehead atoms. The van der Waals surface area contributed by atoms with Gasteiger partial charge in [0.1, 0.15) is 5.75 Å². The first-order valence-electron chi connectivity index (χ1n) is 8.19. The van der Waals surface area contributed by atoms with Gasteiger partial charge in [-0.2, -0.15) is 0 Å². The number of imide groups is 1. The highest BCUT2D eigenvalue weighted by Crippen LogP contribution is 2.34. The van der Waals surface area contributed by atoms with Crippen LogP contribution in [0.4, 0.5) is 4.79 Å². The van der Waals surface area contributed by atoms with Crippen LogP contribution in [-0.4, -0.2) is 22.2 Å². The van der Waals surface area contributed by atoms with Gasteiger partial charge >= 0.3 is 0 Å². The standard InChI is InChI=1S/C20H18ClNO3S/c1-13(2)25-16-9-7-14(8-10-16)11-18-19(23)22(20(24)26-18)12-15-5-3-4-6-17(15)21/h3-11,13H,12H2,1-2H3/b18-11-.